The number of aromatic nitrogens is 3. The summed E-state index contributed by atoms with van der Waals surface area (Å²) in [6, 6.07) is 30.2. The number of hydrogen-bond donors (Lipinski definition) is 0. The van der Waals surface area contributed by atoms with E-state index in [4.69, 9.17) is 4.98 Å². The largest absolute Gasteiger partial charge is 0.292 e. The summed E-state index contributed by atoms with van der Waals surface area (Å²) in [4.78, 5) is 9.27. The van der Waals surface area contributed by atoms with Gasteiger partial charge in [0.05, 0.1) is 22.1 Å². The van der Waals surface area contributed by atoms with E-state index in [9.17, 15) is 5.26 Å². The fourth-order valence-corrected chi connectivity index (χ4v) is 3.53. The first kappa shape index (κ1) is 16.9. The summed E-state index contributed by atoms with van der Waals surface area (Å²) < 4.78 is 2.03. The lowest BCUT2D eigenvalue weighted by atomic mass is 10.1. The van der Waals surface area contributed by atoms with Crippen molar-refractivity contribution in [2.24, 2.45) is 0 Å². The molecule has 136 valence electrons. The zero-order chi connectivity index (χ0) is 19.6. The molecule has 0 amide bonds. The molecular formula is C25H16N4. The Labute approximate surface area is 168 Å². The van der Waals surface area contributed by atoms with Gasteiger partial charge in [0.1, 0.15) is 6.07 Å². The number of benzene rings is 3. The van der Waals surface area contributed by atoms with Crippen molar-refractivity contribution in [2.75, 3.05) is 0 Å². The number of fused-ring (bicyclic) bond motifs is 2. The molecule has 0 fully saturated rings. The number of para-hydroxylation sites is 4. The molecule has 0 saturated carbocycles. The van der Waals surface area contributed by atoms with Gasteiger partial charge in [-0.1, -0.05) is 48.5 Å². The molecule has 2 aromatic heterocycles. The van der Waals surface area contributed by atoms with Gasteiger partial charge in [0.2, 0.25) is 0 Å². The third kappa shape index (κ3) is 3.05. The summed E-state index contributed by atoms with van der Waals surface area (Å²) >= 11 is 0. The van der Waals surface area contributed by atoms with Gasteiger partial charge in [-0.15, -0.1) is 0 Å². The van der Waals surface area contributed by atoms with E-state index in [1.54, 1.807) is 6.20 Å². The maximum absolute atomic E-state index is 9.96. The van der Waals surface area contributed by atoms with Crippen molar-refractivity contribution in [1.29, 1.82) is 5.26 Å². The molecule has 5 rings (SSSR count). The molecule has 0 radical (unpaired) electrons. The van der Waals surface area contributed by atoms with Crippen LogP contribution in [0.1, 0.15) is 11.4 Å². The monoisotopic (exact) mass is 372 g/mol. The molecule has 0 bridgehead atoms. The second-order valence-electron chi connectivity index (χ2n) is 6.73. The van der Waals surface area contributed by atoms with Crippen LogP contribution in [0.2, 0.25) is 0 Å². The van der Waals surface area contributed by atoms with Crippen molar-refractivity contribution in [3.05, 3.63) is 103 Å². The number of imidazole rings is 1. The molecule has 0 N–H and O–H groups in total. The summed E-state index contributed by atoms with van der Waals surface area (Å²) in [7, 11) is 0. The maximum atomic E-state index is 9.96. The molecule has 4 nitrogen and oxygen atoms in total. The molecule has 0 aliphatic rings. The van der Waals surface area contributed by atoms with Crippen molar-refractivity contribution in [3.63, 3.8) is 0 Å². The van der Waals surface area contributed by atoms with Crippen molar-refractivity contribution < 1.29 is 0 Å². The van der Waals surface area contributed by atoms with Gasteiger partial charge in [-0.05, 0) is 48.0 Å². The smallest absolute Gasteiger partial charge is 0.156 e. The lowest BCUT2D eigenvalue weighted by Crippen LogP contribution is -2.00. The van der Waals surface area contributed by atoms with Gasteiger partial charge in [-0.25, -0.2) is 4.98 Å². The third-order valence-corrected chi connectivity index (χ3v) is 4.86. The highest BCUT2D eigenvalue weighted by atomic mass is 15.1. The van der Waals surface area contributed by atoms with Crippen LogP contribution in [-0.4, -0.2) is 14.5 Å². The molecular weight excluding hydrogens is 356 g/mol. The zero-order valence-electron chi connectivity index (χ0n) is 15.5. The van der Waals surface area contributed by atoms with Gasteiger partial charge in [0.25, 0.3) is 0 Å². The quantitative estimate of drug-likeness (QED) is 0.385. The van der Waals surface area contributed by atoms with Gasteiger partial charge >= 0.3 is 0 Å². The molecule has 3 aromatic carbocycles. The first-order valence-electron chi connectivity index (χ1n) is 9.33. The average molecular weight is 372 g/mol. The summed E-state index contributed by atoms with van der Waals surface area (Å²) in [5, 5.41) is 11.0. The van der Waals surface area contributed by atoms with Gasteiger partial charge in [0, 0.05) is 17.3 Å². The summed E-state index contributed by atoms with van der Waals surface area (Å²) in [5.74, 6) is 0.619. The van der Waals surface area contributed by atoms with Crippen molar-refractivity contribution >= 4 is 33.6 Å². The summed E-state index contributed by atoms with van der Waals surface area (Å²) in [5.41, 5.74) is 5.07. The summed E-state index contributed by atoms with van der Waals surface area (Å²) in [6.45, 7) is 0. The molecule has 0 atom stereocenters. The minimum absolute atomic E-state index is 0.488. The van der Waals surface area contributed by atoms with Crippen molar-refractivity contribution in [1.82, 2.24) is 14.5 Å². The molecule has 0 aliphatic carbocycles. The SMILES string of the molecule is N#C/C(=C\c1cnc2ccccc2c1)c1nc2ccccc2n1-c1ccccc1. The van der Waals surface area contributed by atoms with Gasteiger partial charge in [-0.2, -0.15) is 5.26 Å². The van der Waals surface area contributed by atoms with Gasteiger partial charge < -0.3 is 0 Å². The van der Waals surface area contributed by atoms with E-state index in [2.05, 4.69) is 11.1 Å². The van der Waals surface area contributed by atoms with Crippen LogP contribution in [-0.2, 0) is 0 Å². The zero-order valence-corrected chi connectivity index (χ0v) is 15.5. The van der Waals surface area contributed by atoms with E-state index in [0.29, 0.717) is 11.4 Å². The fourth-order valence-electron chi connectivity index (χ4n) is 3.53. The second kappa shape index (κ2) is 7.06. The topological polar surface area (TPSA) is 54.5 Å². The van der Waals surface area contributed by atoms with Crippen molar-refractivity contribution in [3.8, 4) is 11.8 Å². The normalized spacial score (nSPS) is 11.6. The van der Waals surface area contributed by atoms with Crippen LogP contribution in [0.5, 0.6) is 0 Å². The first-order valence-corrected chi connectivity index (χ1v) is 9.33. The highest BCUT2D eigenvalue weighted by molar-refractivity contribution is 5.93. The van der Waals surface area contributed by atoms with E-state index in [1.165, 1.54) is 0 Å². The number of nitrogens with zero attached hydrogens (tertiary/aromatic N) is 4. The lowest BCUT2D eigenvalue weighted by Gasteiger charge is -2.08. The Morgan fingerprint density at radius 1 is 0.862 bits per heavy atom. The van der Waals surface area contributed by atoms with E-state index < -0.39 is 0 Å². The van der Waals surface area contributed by atoms with Crippen molar-refractivity contribution in [2.45, 2.75) is 0 Å². The Bertz CT molecular complexity index is 1410. The fraction of sp³-hybridized carbons (Fsp3) is 0. The van der Waals surface area contributed by atoms with Crippen LogP contribution in [0, 0.1) is 11.3 Å². The Hall–Kier alpha value is -4.23. The molecule has 5 aromatic rings. The Balaban J connectivity index is 1.72. The minimum atomic E-state index is 0.488. The average Bonchev–Trinajstić information content (AvgIpc) is 3.17. The number of allylic oxidation sites excluding steroid dienone is 1. The molecule has 4 heteroatoms. The van der Waals surface area contributed by atoms with E-state index in [1.807, 2.05) is 95.6 Å². The lowest BCUT2D eigenvalue weighted by molar-refractivity contribution is 1.06. The molecule has 2 heterocycles. The predicted octanol–water partition coefficient (Wildman–Crippen LogP) is 5.64. The Kier molecular flexibility index (Phi) is 4.12. The Morgan fingerprint density at radius 3 is 2.41 bits per heavy atom. The highest BCUT2D eigenvalue weighted by Gasteiger charge is 2.16. The highest BCUT2D eigenvalue weighted by Crippen LogP contribution is 2.27. The summed E-state index contributed by atoms with van der Waals surface area (Å²) in [6.07, 6.45) is 3.63. The number of hydrogen-bond acceptors (Lipinski definition) is 3. The van der Waals surface area contributed by atoms with Crippen LogP contribution in [0.25, 0.3) is 39.3 Å². The molecule has 0 aliphatic heterocycles. The van der Waals surface area contributed by atoms with E-state index >= 15 is 0 Å². The molecule has 29 heavy (non-hydrogen) atoms. The van der Waals surface area contributed by atoms with Gasteiger partial charge in [0.15, 0.2) is 5.82 Å². The minimum Gasteiger partial charge on any atom is -0.292 e. The Morgan fingerprint density at radius 2 is 1.59 bits per heavy atom. The number of rotatable bonds is 3. The van der Waals surface area contributed by atoms with E-state index in [0.717, 1.165) is 33.2 Å². The molecule has 0 spiro atoms. The first-order chi connectivity index (χ1) is 14.3. The van der Waals surface area contributed by atoms with Gasteiger partial charge in [-0.3, -0.25) is 9.55 Å². The molecule has 0 saturated heterocycles. The second-order valence-corrected chi connectivity index (χ2v) is 6.73. The standard InChI is InChI=1S/C25H16N4/c26-16-20(15-18-14-19-8-4-5-11-22(19)27-17-18)25-28-23-12-6-7-13-24(23)29(25)21-9-2-1-3-10-21/h1-15,17H/b20-15+. The van der Waals surface area contributed by atoms with Crippen LogP contribution < -0.4 is 0 Å². The number of pyridine rings is 1. The number of nitriles is 1. The third-order valence-electron chi connectivity index (χ3n) is 4.86. The van der Waals surface area contributed by atoms with Crippen LogP contribution in [0.15, 0.2) is 91.1 Å². The predicted molar refractivity (Wildman–Crippen MR) is 116 cm³/mol. The van der Waals surface area contributed by atoms with Crippen LogP contribution in [0.4, 0.5) is 0 Å². The van der Waals surface area contributed by atoms with E-state index in [-0.39, 0.29) is 0 Å². The van der Waals surface area contributed by atoms with Crippen LogP contribution in [0.3, 0.4) is 0 Å². The molecule has 0 unspecified atom stereocenters. The maximum Gasteiger partial charge on any atom is 0.156 e. The van der Waals surface area contributed by atoms with Crippen LogP contribution >= 0.6 is 0 Å².